The van der Waals surface area contributed by atoms with Gasteiger partial charge in [0.25, 0.3) is 0 Å². The standard InChI is InChI=1S/C14H21N3/c1-9(2)10(3)8-17-11(4)16-13-7-12(15)5-6-14(13)17/h5-7,9-10H,8,15H2,1-4H3. The number of aromatic nitrogens is 2. The van der Waals surface area contributed by atoms with Crippen LogP contribution in [-0.2, 0) is 6.54 Å². The Balaban J connectivity index is 2.43. The Morgan fingerprint density at radius 1 is 1.29 bits per heavy atom. The number of benzene rings is 1. The van der Waals surface area contributed by atoms with Crippen molar-refractivity contribution in [1.29, 1.82) is 0 Å². The summed E-state index contributed by atoms with van der Waals surface area (Å²) in [5.41, 5.74) is 8.74. The van der Waals surface area contributed by atoms with Gasteiger partial charge in [-0.05, 0) is 37.0 Å². The van der Waals surface area contributed by atoms with Crippen LogP contribution < -0.4 is 5.73 Å². The van der Waals surface area contributed by atoms with E-state index in [1.54, 1.807) is 0 Å². The van der Waals surface area contributed by atoms with Crippen molar-refractivity contribution in [1.82, 2.24) is 9.55 Å². The van der Waals surface area contributed by atoms with Crippen LogP contribution in [0.4, 0.5) is 5.69 Å². The van der Waals surface area contributed by atoms with E-state index in [-0.39, 0.29) is 0 Å². The predicted octanol–water partition coefficient (Wildman–Crippen LogP) is 3.22. The highest BCUT2D eigenvalue weighted by atomic mass is 15.1. The zero-order chi connectivity index (χ0) is 12.6. The molecule has 0 saturated heterocycles. The van der Waals surface area contributed by atoms with Crippen LogP contribution in [0, 0.1) is 18.8 Å². The van der Waals surface area contributed by atoms with Gasteiger partial charge in [-0.25, -0.2) is 4.98 Å². The second kappa shape index (κ2) is 4.40. The van der Waals surface area contributed by atoms with E-state index in [9.17, 15) is 0 Å². The molecule has 2 aromatic rings. The maximum absolute atomic E-state index is 5.78. The number of nitrogens with two attached hydrogens (primary N) is 1. The molecular formula is C14H21N3. The summed E-state index contributed by atoms with van der Waals surface area (Å²) in [6.07, 6.45) is 0. The van der Waals surface area contributed by atoms with Gasteiger partial charge in [0.15, 0.2) is 0 Å². The summed E-state index contributed by atoms with van der Waals surface area (Å²) in [5.74, 6) is 2.39. The molecule has 2 rings (SSSR count). The highest BCUT2D eigenvalue weighted by Crippen LogP contribution is 2.22. The molecule has 0 bridgehead atoms. The van der Waals surface area contributed by atoms with Crippen LogP contribution in [0.15, 0.2) is 18.2 Å². The number of anilines is 1. The quantitative estimate of drug-likeness (QED) is 0.824. The summed E-state index contributed by atoms with van der Waals surface area (Å²) >= 11 is 0. The Labute approximate surface area is 103 Å². The first-order valence-electron chi connectivity index (χ1n) is 6.21. The van der Waals surface area contributed by atoms with E-state index in [1.165, 1.54) is 5.52 Å². The molecule has 0 spiro atoms. The molecule has 0 aliphatic rings. The van der Waals surface area contributed by atoms with Crippen LogP contribution in [-0.4, -0.2) is 9.55 Å². The molecule has 1 aromatic carbocycles. The summed E-state index contributed by atoms with van der Waals surface area (Å²) in [7, 11) is 0. The van der Waals surface area contributed by atoms with Crippen molar-refractivity contribution in [3.8, 4) is 0 Å². The van der Waals surface area contributed by atoms with Gasteiger partial charge in [-0.15, -0.1) is 0 Å². The third-order valence-electron chi connectivity index (χ3n) is 3.57. The van der Waals surface area contributed by atoms with E-state index in [0.29, 0.717) is 11.8 Å². The van der Waals surface area contributed by atoms with E-state index < -0.39 is 0 Å². The minimum Gasteiger partial charge on any atom is -0.399 e. The molecule has 1 aromatic heterocycles. The van der Waals surface area contributed by atoms with Crippen molar-refractivity contribution in [2.45, 2.75) is 34.2 Å². The van der Waals surface area contributed by atoms with Gasteiger partial charge in [-0.3, -0.25) is 0 Å². The number of hydrogen-bond donors (Lipinski definition) is 1. The average molecular weight is 231 g/mol. The highest BCUT2D eigenvalue weighted by molar-refractivity contribution is 5.79. The lowest BCUT2D eigenvalue weighted by atomic mass is 9.98. The molecule has 1 unspecified atom stereocenters. The van der Waals surface area contributed by atoms with Gasteiger partial charge in [0.1, 0.15) is 5.82 Å². The molecule has 0 fully saturated rings. The summed E-state index contributed by atoms with van der Waals surface area (Å²) < 4.78 is 2.29. The minimum absolute atomic E-state index is 0.642. The van der Waals surface area contributed by atoms with Gasteiger partial charge in [0, 0.05) is 12.2 Å². The van der Waals surface area contributed by atoms with Crippen LogP contribution >= 0.6 is 0 Å². The van der Waals surface area contributed by atoms with Crippen molar-refractivity contribution in [2.24, 2.45) is 11.8 Å². The molecule has 2 N–H and O–H groups in total. The highest BCUT2D eigenvalue weighted by Gasteiger charge is 2.13. The smallest absolute Gasteiger partial charge is 0.106 e. The lowest BCUT2D eigenvalue weighted by Crippen LogP contribution is -2.14. The SMILES string of the molecule is Cc1nc2cc(N)ccc2n1CC(C)C(C)C. The fourth-order valence-electron chi connectivity index (χ4n) is 2.00. The minimum atomic E-state index is 0.642. The van der Waals surface area contributed by atoms with Gasteiger partial charge in [-0.1, -0.05) is 20.8 Å². The fraction of sp³-hybridized carbons (Fsp3) is 0.500. The van der Waals surface area contributed by atoms with E-state index >= 15 is 0 Å². The predicted molar refractivity (Wildman–Crippen MR) is 72.9 cm³/mol. The first-order chi connectivity index (χ1) is 7.99. The molecule has 3 nitrogen and oxygen atoms in total. The Hall–Kier alpha value is -1.51. The average Bonchev–Trinajstić information content (AvgIpc) is 2.54. The van der Waals surface area contributed by atoms with Crippen molar-refractivity contribution in [2.75, 3.05) is 5.73 Å². The van der Waals surface area contributed by atoms with E-state index in [1.807, 2.05) is 12.1 Å². The monoisotopic (exact) mass is 231 g/mol. The number of nitrogen functional groups attached to an aromatic ring is 1. The second-order valence-corrected chi connectivity index (χ2v) is 5.24. The summed E-state index contributed by atoms with van der Waals surface area (Å²) in [6, 6.07) is 5.95. The Morgan fingerprint density at radius 3 is 2.65 bits per heavy atom. The molecule has 0 aliphatic carbocycles. The molecule has 1 atom stereocenters. The van der Waals surface area contributed by atoms with Crippen LogP contribution in [0.1, 0.15) is 26.6 Å². The summed E-state index contributed by atoms with van der Waals surface area (Å²) in [5, 5.41) is 0. The van der Waals surface area contributed by atoms with Crippen LogP contribution in [0.5, 0.6) is 0 Å². The van der Waals surface area contributed by atoms with Gasteiger partial charge in [0.05, 0.1) is 11.0 Å². The van der Waals surface area contributed by atoms with Gasteiger partial charge < -0.3 is 10.3 Å². The van der Waals surface area contributed by atoms with Crippen molar-refractivity contribution >= 4 is 16.7 Å². The largest absolute Gasteiger partial charge is 0.399 e. The second-order valence-electron chi connectivity index (χ2n) is 5.24. The Morgan fingerprint density at radius 2 is 2.00 bits per heavy atom. The first kappa shape index (κ1) is 12.0. The number of fused-ring (bicyclic) bond motifs is 1. The molecule has 0 saturated carbocycles. The molecule has 3 heteroatoms. The normalized spacial score (nSPS) is 13.5. The van der Waals surface area contributed by atoms with Gasteiger partial charge in [0.2, 0.25) is 0 Å². The number of rotatable bonds is 3. The number of imidazole rings is 1. The van der Waals surface area contributed by atoms with Gasteiger partial charge in [-0.2, -0.15) is 0 Å². The fourth-order valence-corrected chi connectivity index (χ4v) is 2.00. The third kappa shape index (κ3) is 2.28. The molecule has 92 valence electrons. The Bertz CT molecular complexity index is 525. The molecule has 17 heavy (non-hydrogen) atoms. The zero-order valence-electron chi connectivity index (χ0n) is 11.1. The number of nitrogens with zero attached hydrogens (tertiary/aromatic N) is 2. The van der Waals surface area contributed by atoms with E-state index in [0.717, 1.165) is 23.6 Å². The lowest BCUT2D eigenvalue weighted by Gasteiger charge is -2.17. The Kier molecular flexibility index (Phi) is 3.09. The van der Waals surface area contributed by atoms with Crippen LogP contribution in [0.3, 0.4) is 0 Å². The van der Waals surface area contributed by atoms with Crippen molar-refractivity contribution in [3.63, 3.8) is 0 Å². The molecule has 0 aliphatic heterocycles. The van der Waals surface area contributed by atoms with Crippen molar-refractivity contribution < 1.29 is 0 Å². The molecule has 1 heterocycles. The number of hydrogen-bond acceptors (Lipinski definition) is 2. The summed E-state index contributed by atoms with van der Waals surface area (Å²) in [4.78, 5) is 4.57. The van der Waals surface area contributed by atoms with Gasteiger partial charge >= 0.3 is 0 Å². The maximum Gasteiger partial charge on any atom is 0.106 e. The molecular weight excluding hydrogens is 210 g/mol. The van der Waals surface area contributed by atoms with E-state index in [2.05, 4.69) is 43.3 Å². The van der Waals surface area contributed by atoms with Crippen LogP contribution in [0.2, 0.25) is 0 Å². The molecule has 0 amide bonds. The summed E-state index contributed by atoms with van der Waals surface area (Å²) in [6.45, 7) is 9.88. The third-order valence-corrected chi connectivity index (χ3v) is 3.57. The lowest BCUT2D eigenvalue weighted by molar-refractivity contribution is 0.366. The topological polar surface area (TPSA) is 43.8 Å². The number of aryl methyl sites for hydroxylation is 1. The van der Waals surface area contributed by atoms with Crippen LogP contribution in [0.25, 0.3) is 11.0 Å². The zero-order valence-corrected chi connectivity index (χ0v) is 11.1. The van der Waals surface area contributed by atoms with E-state index in [4.69, 9.17) is 5.73 Å². The molecule has 0 radical (unpaired) electrons. The first-order valence-corrected chi connectivity index (χ1v) is 6.21. The maximum atomic E-state index is 5.78. The van der Waals surface area contributed by atoms with Crippen molar-refractivity contribution in [3.05, 3.63) is 24.0 Å².